The van der Waals surface area contributed by atoms with Crippen LogP contribution in [0.25, 0.3) is 10.9 Å². The first-order valence-corrected chi connectivity index (χ1v) is 11.9. The average Bonchev–Trinajstić information content (AvgIpc) is 2.93. The topological polar surface area (TPSA) is 109 Å². The molecule has 0 unspecified atom stereocenters. The summed E-state index contributed by atoms with van der Waals surface area (Å²) in [7, 11) is 1.85. The second-order valence-corrected chi connectivity index (χ2v) is 8.62. The molecule has 1 amide bonds. The van der Waals surface area contributed by atoms with Crippen LogP contribution in [-0.4, -0.2) is 69.3 Å². The molecule has 10 nitrogen and oxygen atoms in total. The summed E-state index contributed by atoms with van der Waals surface area (Å²) in [5.41, 5.74) is 3.09. The highest BCUT2D eigenvalue weighted by molar-refractivity contribution is 5.98. The molecule has 0 saturated carbocycles. The van der Waals surface area contributed by atoms with Gasteiger partial charge in [0, 0.05) is 43.5 Å². The first kappa shape index (κ1) is 23.6. The molecule has 36 heavy (non-hydrogen) atoms. The van der Waals surface area contributed by atoms with Gasteiger partial charge in [-0.3, -0.25) is 4.79 Å². The van der Waals surface area contributed by atoms with Crippen molar-refractivity contribution in [2.45, 2.75) is 20.0 Å². The number of benzene rings is 1. The van der Waals surface area contributed by atoms with E-state index in [2.05, 4.69) is 35.4 Å². The lowest BCUT2D eigenvalue weighted by atomic mass is 10.1. The van der Waals surface area contributed by atoms with Gasteiger partial charge < -0.3 is 19.9 Å². The maximum Gasteiger partial charge on any atom is 0.254 e. The molecule has 1 saturated heterocycles. The molecule has 5 rings (SSSR count). The van der Waals surface area contributed by atoms with Crippen molar-refractivity contribution >= 4 is 28.4 Å². The Morgan fingerprint density at radius 3 is 2.58 bits per heavy atom. The van der Waals surface area contributed by atoms with Crippen LogP contribution in [0.2, 0.25) is 0 Å². The molecule has 0 radical (unpaired) electrons. The standard InChI is InChI=1S/C26H28N8O2/c1-18-14-20-15-19(4-6-22(20)30-25(18)27-2)26(35)34(17-23-28-8-3-9-29-23)16-21-5-7-24(32-31-21)33-10-12-36-13-11-33/h3-9,14-15H,10-13,16-17H2,1-2H3,(H,27,30). The number of morpholine rings is 1. The number of carbonyl (C=O) groups excluding carboxylic acids is 1. The van der Waals surface area contributed by atoms with Crippen molar-refractivity contribution in [2.75, 3.05) is 43.6 Å². The Balaban J connectivity index is 1.41. The molecule has 3 aromatic heterocycles. The first-order chi connectivity index (χ1) is 17.6. The molecule has 0 spiro atoms. The van der Waals surface area contributed by atoms with Crippen LogP contribution in [0.4, 0.5) is 11.6 Å². The van der Waals surface area contributed by atoms with E-state index in [-0.39, 0.29) is 19.0 Å². The number of anilines is 2. The predicted molar refractivity (Wildman–Crippen MR) is 137 cm³/mol. The van der Waals surface area contributed by atoms with Crippen molar-refractivity contribution in [2.24, 2.45) is 0 Å². The minimum absolute atomic E-state index is 0.140. The van der Waals surface area contributed by atoms with Crippen molar-refractivity contribution < 1.29 is 9.53 Å². The minimum Gasteiger partial charge on any atom is -0.378 e. The molecule has 184 valence electrons. The molecular formula is C26H28N8O2. The lowest BCUT2D eigenvalue weighted by Crippen LogP contribution is -2.37. The summed E-state index contributed by atoms with van der Waals surface area (Å²) in [4.78, 5) is 30.8. The highest BCUT2D eigenvalue weighted by Gasteiger charge is 2.20. The van der Waals surface area contributed by atoms with Gasteiger partial charge in [0.05, 0.1) is 37.5 Å². The average molecular weight is 485 g/mol. The van der Waals surface area contributed by atoms with Crippen LogP contribution in [0.5, 0.6) is 0 Å². The maximum absolute atomic E-state index is 13.7. The Hall–Kier alpha value is -4.18. The van der Waals surface area contributed by atoms with Crippen molar-refractivity contribution in [3.05, 3.63) is 77.5 Å². The number of nitrogens with zero attached hydrogens (tertiary/aromatic N) is 7. The van der Waals surface area contributed by atoms with Gasteiger partial charge in [0.1, 0.15) is 11.6 Å². The van der Waals surface area contributed by atoms with E-state index in [0.29, 0.717) is 30.3 Å². The molecule has 1 aliphatic rings. The van der Waals surface area contributed by atoms with E-state index in [0.717, 1.165) is 41.2 Å². The molecular weight excluding hydrogens is 456 g/mol. The summed E-state index contributed by atoms with van der Waals surface area (Å²) in [6, 6.07) is 13.2. The fraction of sp³-hybridized carbons (Fsp3) is 0.308. The molecule has 0 aliphatic carbocycles. The summed E-state index contributed by atoms with van der Waals surface area (Å²) >= 11 is 0. The Labute approximate surface area is 209 Å². The number of amides is 1. The quantitative estimate of drug-likeness (QED) is 0.423. The number of aromatic nitrogens is 5. The van der Waals surface area contributed by atoms with E-state index < -0.39 is 0 Å². The molecule has 10 heteroatoms. The number of fused-ring (bicyclic) bond motifs is 1. The fourth-order valence-corrected chi connectivity index (χ4v) is 4.23. The highest BCUT2D eigenvalue weighted by atomic mass is 16.5. The third kappa shape index (κ3) is 5.23. The summed E-state index contributed by atoms with van der Waals surface area (Å²) < 4.78 is 5.41. The Morgan fingerprint density at radius 2 is 1.86 bits per heavy atom. The van der Waals surface area contributed by atoms with Crippen LogP contribution in [0.3, 0.4) is 0 Å². The largest absolute Gasteiger partial charge is 0.378 e. The van der Waals surface area contributed by atoms with Crippen LogP contribution in [0, 0.1) is 6.92 Å². The smallest absolute Gasteiger partial charge is 0.254 e. The highest BCUT2D eigenvalue weighted by Crippen LogP contribution is 2.22. The van der Waals surface area contributed by atoms with Crippen molar-refractivity contribution in [1.82, 2.24) is 30.0 Å². The van der Waals surface area contributed by atoms with Crippen LogP contribution in [0.1, 0.15) is 27.4 Å². The molecule has 1 N–H and O–H groups in total. The molecule has 1 aromatic carbocycles. The van der Waals surface area contributed by atoms with Gasteiger partial charge in [0.15, 0.2) is 5.82 Å². The molecule has 1 aliphatic heterocycles. The molecule has 0 atom stereocenters. The van der Waals surface area contributed by atoms with Gasteiger partial charge in [0.2, 0.25) is 0 Å². The van der Waals surface area contributed by atoms with Crippen molar-refractivity contribution in [1.29, 1.82) is 0 Å². The number of hydrogen-bond donors (Lipinski definition) is 1. The summed E-state index contributed by atoms with van der Waals surface area (Å²) in [5, 5.41) is 12.8. The number of hydrogen-bond acceptors (Lipinski definition) is 9. The lowest BCUT2D eigenvalue weighted by molar-refractivity contribution is 0.0723. The zero-order valence-corrected chi connectivity index (χ0v) is 20.4. The van der Waals surface area contributed by atoms with E-state index in [1.165, 1.54) is 0 Å². The van der Waals surface area contributed by atoms with Gasteiger partial charge in [-0.25, -0.2) is 15.0 Å². The van der Waals surface area contributed by atoms with Crippen LogP contribution in [0.15, 0.2) is 54.9 Å². The summed E-state index contributed by atoms with van der Waals surface area (Å²) in [5.74, 6) is 2.05. The van der Waals surface area contributed by atoms with Gasteiger partial charge in [-0.15, -0.1) is 5.10 Å². The number of ether oxygens (including phenoxy) is 1. The molecule has 0 bridgehead atoms. The zero-order chi connectivity index (χ0) is 24.9. The SMILES string of the molecule is CNc1nc2ccc(C(=O)N(Cc3ccc(N4CCOCC4)nn3)Cc3ncccn3)cc2cc1C. The summed E-state index contributed by atoms with van der Waals surface area (Å²) in [6.07, 6.45) is 3.34. The summed E-state index contributed by atoms with van der Waals surface area (Å²) in [6.45, 7) is 5.46. The fourth-order valence-electron chi connectivity index (χ4n) is 4.23. The number of rotatable bonds is 7. The van der Waals surface area contributed by atoms with Gasteiger partial charge in [-0.2, -0.15) is 5.10 Å². The number of pyridine rings is 1. The van der Waals surface area contributed by atoms with Crippen molar-refractivity contribution in [3.8, 4) is 0 Å². The van der Waals surface area contributed by atoms with Gasteiger partial charge in [-0.05, 0) is 55.0 Å². The van der Waals surface area contributed by atoms with Gasteiger partial charge in [0.25, 0.3) is 5.91 Å². The third-order valence-electron chi connectivity index (χ3n) is 6.12. The van der Waals surface area contributed by atoms with Crippen LogP contribution < -0.4 is 10.2 Å². The Bertz CT molecular complexity index is 1340. The van der Waals surface area contributed by atoms with E-state index >= 15 is 0 Å². The number of aryl methyl sites for hydroxylation is 1. The Morgan fingerprint density at radius 1 is 1.06 bits per heavy atom. The normalized spacial score (nSPS) is 13.6. The zero-order valence-electron chi connectivity index (χ0n) is 20.4. The van der Waals surface area contributed by atoms with E-state index in [1.54, 1.807) is 29.4 Å². The number of nitrogens with one attached hydrogen (secondary N) is 1. The van der Waals surface area contributed by atoms with E-state index in [4.69, 9.17) is 4.74 Å². The molecule has 4 aromatic rings. The van der Waals surface area contributed by atoms with Crippen molar-refractivity contribution in [3.63, 3.8) is 0 Å². The van der Waals surface area contributed by atoms with Crippen LogP contribution >= 0.6 is 0 Å². The predicted octanol–water partition coefficient (Wildman–Crippen LogP) is 2.84. The first-order valence-electron chi connectivity index (χ1n) is 11.9. The second-order valence-electron chi connectivity index (χ2n) is 8.62. The van der Waals surface area contributed by atoms with Gasteiger partial charge >= 0.3 is 0 Å². The van der Waals surface area contributed by atoms with E-state index in [9.17, 15) is 4.79 Å². The van der Waals surface area contributed by atoms with E-state index in [1.807, 2.05) is 44.3 Å². The Kier molecular flexibility index (Phi) is 6.94. The maximum atomic E-state index is 13.7. The molecule has 4 heterocycles. The second kappa shape index (κ2) is 10.6. The third-order valence-corrected chi connectivity index (χ3v) is 6.12. The van der Waals surface area contributed by atoms with Gasteiger partial charge in [-0.1, -0.05) is 0 Å². The lowest BCUT2D eigenvalue weighted by Gasteiger charge is -2.27. The number of carbonyl (C=O) groups is 1. The minimum atomic E-state index is -0.140. The van der Waals surface area contributed by atoms with Crippen LogP contribution in [-0.2, 0) is 17.8 Å². The molecule has 1 fully saturated rings. The monoisotopic (exact) mass is 484 g/mol.